The van der Waals surface area contributed by atoms with Crippen LogP contribution in [0.5, 0.6) is 0 Å². The fourth-order valence-electron chi connectivity index (χ4n) is 3.87. The lowest BCUT2D eigenvalue weighted by Gasteiger charge is -2.36. The number of carbonyl (C=O) groups is 2. The van der Waals surface area contributed by atoms with Gasteiger partial charge in [0.2, 0.25) is 11.8 Å². The molecule has 1 aliphatic heterocycles. The van der Waals surface area contributed by atoms with Gasteiger partial charge in [-0.25, -0.2) is 0 Å². The van der Waals surface area contributed by atoms with Crippen LogP contribution in [0, 0.1) is 5.92 Å². The van der Waals surface area contributed by atoms with Crippen molar-refractivity contribution in [3.05, 3.63) is 77.9 Å². The van der Waals surface area contributed by atoms with E-state index in [4.69, 9.17) is 0 Å². The SMILES string of the molecule is CC[C@H](C)N(Cc1ccccc1)C(=O)C1CCN(C(=O)/C=C/c2ccccc2)CC1. The lowest BCUT2D eigenvalue weighted by atomic mass is 9.94. The summed E-state index contributed by atoms with van der Waals surface area (Å²) < 4.78 is 0. The van der Waals surface area contributed by atoms with Gasteiger partial charge in [-0.05, 0) is 43.4 Å². The molecule has 2 aromatic carbocycles. The van der Waals surface area contributed by atoms with Gasteiger partial charge in [0.05, 0.1) is 0 Å². The summed E-state index contributed by atoms with van der Waals surface area (Å²) in [5.74, 6) is 0.234. The maximum atomic E-state index is 13.3. The lowest BCUT2D eigenvalue weighted by Crippen LogP contribution is -2.46. The number of likely N-dealkylation sites (tertiary alicyclic amines) is 1. The molecule has 4 nitrogen and oxygen atoms in total. The average Bonchev–Trinajstić information content (AvgIpc) is 2.81. The van der Waals surface area contributed by atoms with Crippen molar-refractivity contribution in [3.8, 4) is 0 Å². The average molecular weight is 405 g/mol. The van der Waals surface area contributed by atoms with Crippen molar-refractivity contribution in [3.63, 3.8) is 0 Å². The van der Waals surface area contributed by atoms with Crippen LogP contribution in [-0.2, 0) is 16.1 Å². The molecule has 0 spiro atoms. The molecule has 0 unspecified atom stereocenters. The van der Waals surface area contributed by atoms with Crippen LogP contribution in [0.2, 0.25) is 0 Å². The van der Waals surface area contributed by atoms with Crippen molar-refractivity contribution in [2.75, 3.05) is 13.1 Å². The topological polar surface area (TPSA) is 40.6 Å². The van der Waals surface area contributed by atoms with Crippen molar-refractivity contribution >= 4 is 17.9 Å². The standard InChI is InChI=1S/C26H32N2O2/c1-3-21(2)28(20-23-12-8-5-9-13-23)26(30)24-16-18-27(19-17-24)25(29)15-14-22-10-6-4-7-11-22/h4-15,21,24H,3,16-20H2,1-2H3/b15-14+/t21-/m0/s1. The number of hydrogen-bond acceptors (Lipinski definition) is 2. The molecule has 1 saturated heterocycles. The summed E-state index contributed by atoms with van der Waals surface area (Å²) in [7, 11) is 0. The second-order valence-electron chi connectivity index (χ2n) is 8.05. The molecule has 0 bridgehead atoms. The number of benzene rings is 2. The van der Waals surface area contributed by atoms with Gasteiger partial charge in [-0.3, -0.25) is 9.59 Å². The Bertz CT molecular complexity index is 840. The maximum absolute atomic E-state index is 13.3. The summed E-state index contributed by atoms with van der Waals surface area (Å²) in [5.41, 5.74) is 2.17. The van der Waals surface area contributed by atoms with Crippen LogP contribution in [0.25, 0.3) is 6.08 Å². The van der Waals surface area contributed by atoms with Gasteiger partial charge in [-0.15, -0.1) is 0 Å². The first-order valence-electron chi connectivity index (χ1n) is 10.9. The highest BCUT2D eigenvalue weighted by molar-refractivity contribution is 5.92. The Morgan fingerprint density at radius 1 is 1.03 bits per heavy atom. The van der Waals surface area contributed by atoms with E-state index in [1.165, 1.54) is 0 Å². The molecule has 0 aliphatic carbocycles. The molecule has 1 atom stereocenters. The third kappa shape index (κ3) is 5.82. The minimum absolute atomic E-state index is 0.00938. The summed E-state index contributed by atoms with van der Waals surface area (Å²) in [6, 6.07) is 20.2. The molecule has 158 valence electrons. The highest BCUT2D eigenvalue weighted by atomic mass is 16.2. The predicted octanol–water partition coefficient (Wildman–Crippen LogP) is 4.77. The molecule has 1 fully saturated rings. The second-order valence-corrected chi connectivity index (χ2v) is 8.05. The van der Waals surface area contributed by atoms with Crippen LogP contribution in [-0.4, -0.2) is 40.7 Å². The molecular formula is C26H32N2O2. The van der Waals surface area contributed by atoms with E-state index in [0.717, 1.165) is 30.4 Å². The van der Waals surface area contributed by atoms with Crippen LogP contribution >= 0.6 is 0 Å². The van der Waals surface area contributed by atoms with E-state index >= 15 is 0 Å². The van der Waals surface area contributed by atoms with Gasteiger partial charge in [0.15, 0.2) is 0 Å². The van der Waals surface area contributed by atoms with Gasteiger partial charge in [-0.1, -0.05) is 67.6 Å². The smallest absolute Gasteiger partial charge is 0.246 e. The molecule has 0 saturated carbocycles. The highest BCUT2D eigenvalue weighted by Gasteiger charge is 2.31. The Labute approximate surface area is 180 Å². The Morgan fingerprint density at radius 3 is 2.23 bits per heavy atom. The minimum atomic E-state index is -0.00938. The zero-order chi connectivity index (χ0) is 21.3. The molecule has 3 rings (SSSR count). The van der Waals surface area contributed by atoms with Crippen LogP contribution < -0.4 is 0 Å². The van der Waals surface area contributed by atoms with E-state index in [-0.39, 0.29) is 23.8 Å². The molecule has 1 aliphatic rings. The first kappa shape index (κ1) is 21.8. The number of amides is 2. The third-order valence-corrected chi connectivity index (χ3v) is 5.98. The van der Waals surface area contributed by atoms with Crippen molar-refractivity contribution in [1.82, 2.24) is 9.80 Å². The van der Waals surface area contributed by atoms with E-state index in [0.29, 0.717) is 19.6 Å². The summed E-state index contributed by atoms with van der Waals surface area (Å²) in [5, 5.41) is 0. The van der Waals surface area contributed by atoms with Crippen LogP contribution in [0.1, 0.15) is 44.2 Å². The van der Waals surface area contributed by atoms with Crippen LogP contribution in [0.4, 0.5) is 0 Å². The lowest BCUT2D eigenvalue weighted by molar-refractivity contribution is -0.141. The Morgan fingerprint density at radius 2 is 1.63 bits per heavy atom. The van der Waals surface area contributed by atoms with Crippen LogP contribution in [0.15, 0.2) is 66.7 Å². The van der Waals surface area contributed by atoms with E-state index in [1.54, 1.807) is 6.08 Å². The number of carbonyl (C=O) groups excluding carboxylic acids is 2. The molecule has 2 aromatic rings. The fourth-order valence-corrected chi connectivity index (χ4v) is 3.87. The number of hydrogen-bond donors (Lipinski definition) is 0. The summed E-state index contributed by atoms with van der Waals surface area (Å²) in [6.45, 7) is 6.15. The molecule has 1 heterocycles. The number of rotatable bonds is 7. The predicted molar refractivity (Wildman–Crippen MR) is 122 cm³/mol. The largest absolute Gasteiger partial charge is 0.339 e. The number of nitrogens with zero attached hydrogens (tertiary/aromatic N) is 2. The summed E-state index contributed by atoms with van der Waals surface area (Å²) >= 11 is 0. The van der Waals surface area contributed by atoms with E-state index in [2.05, 4.69) is 26.0 Å². The second kappa shape index (κ2) is 10.8. The highest BCUT2D eigenvalue weighted by Crippen LogP contribution is 2.23. The zero-order valence-electron chi connectivity index (χ0n) is 18.0. The Kier molecular flexibility index (Phi) is 7.83. The monoisotopic (exact) mass is 404 g/mol. The zero-order valence-corrected chi connectivity index (χ0v) is 18.0. The Balaban J connectivity index is 1.57. The van der Waals surface area contributed by atoms with Gasteiger partial charge in [0, 0.05) is 37.7 Å². The molecule has 0 aromatic heterocycles. The summed E-state index contributed by atoms with van der Waals surface area (Å²) in [6.07, 6.45) is 5.87. The van der Waals surface area contributed by atoms with Gasteiger partial charge in [0.25, 0.3) is 0 Å². The van der Waals surface area contributed by atoms with E-state index in [1.807, 2.05) is 64.4 Å². The normalized spacial score (nSPS) is 15.9. The van der Waals surface area contributed by atoms with Crippen molar-refractivity contribution in [1.29, 1.82) is 0 Å². The van der Waals surface area contributed by atoms with Crippen LogP contribution in [0.3, 0.4) is 0 Å². The van der Waals surface area contributed by atoms with E-state index < -0.39 is 0 Å². The van der Waals surface area contributed by atoms with Gasteiger partial charge < -0.3 is 9.80 Å². The quantitative estimate of drug-likeness (QED) is 0.624. The fraction of sp³-hybridized carbons (Fsp3) is 0.385. The molecule has 0 radical (unpaired) electrons. The van der Waals surface area contributed by atoms with Gasteiger partial charge >= 0.3 is 0 Å². The molecular weight excluding hydrogens is 372 g/mol. The number of piperidine rings is 1. The first-order valence-corrected chi connectivity index (χ1v) is 10.9. The molecule has 0 N–H and O–H groups in total. The molecule has 4 heteroatoms. The van der Waals surface area contributed by atoms with Crippen molar-refractivity contribution in [2.45, 2.75) is 45.7 Å². The maximum Gasteiger partial charge on any atom is 0.246 e. The minimum Gasteiger partial charge on any atom is -0.339 e. The summed E-state index contributed by atoms with van der Waals surface area (Å²) in [4.78, 5) is 29.7. The van der Waals surface area contributed by atoms with Gasteiger partial charge in [-0.2, -0.15) is 0 Å². The Hall–Kier alpha value is -2.88. The van der Waals surface area contributed by atoms with Crippen molar-refractivity contribution in [2.24, 2.45) is 5.92 Å². The first-order chi connectivity index (χ1) is 14.6. The third-order valence-electron chi connectivity index (χ3n) is 5.98. The molecule has 2 amide bonds. The van der Waals surface area contributed by atoms with E-state index in [9.17, 15) is 9.59 Å². The van der Waals surface area contributed by atoms with Crippen molar-refractivity contribution < 1.29 is 9.59 Å². The molecule has 30 heavy (non-hydrogen) atoms. The van der Waals surface area contributed by atoms with Gasteiger partial charge in [0.1, 0.15) is 0 Å².